The van der Waals surface area contributed by atoms with Crippen molar-refractivity contribution in [3.63, 3.8) is 0 Å². The van der Waals surface area contributed by atoms with Gasteiger partial charge in [0.15, 0.2) is 0 Å². The average Bonchev–Trinajstić information content (AvgIpc) is 2.08. The molecule has 0 bridgehead atoms. The molecule has 0 aromatic carbocycles. The summed E-state index contributed by atoms with van der Waals surface area (Å²) in [6.45, 7) is 5.24. The number of carbonyl (C=O) groups excluding carboxylic acids is 1. The molecular weight excluding hydrogens is 214 g/mol. The predicted octanol–water partition coefficient (Wildman–Crippen LogP) is 0.272. The second-order valence-electron chi connectivity index (χ2n) is 3.98. The van der Waals surface area contributed by atoms with E-state index in [9.17, 15) is 9.59 Å². The number of carbonyl (C=O) groups is 2. The van der Waals surface area contributed by atoms with Crippen LogP contribution in [0, 0.1) is 0 Å². The van der Waals surface area contributed by atoms with Gasteiger partial charge in [-0.15, -0.1) is 0 Å². The Balaban J connectivity index is 4.54. The molecule has 92 valence electrons. The molecule has 0 spiro atoms. The first-order valence-electron chi connectivity index (χ1n) is 4.77. The number of carboxylic acid groups (broad SMARTS) is 1. The lowest BCUT2D eigenvalue weighted by Gasteiger charge is -2.18. The van der Waals surface area contributed by atoms with Crippen molar-refractivity contribution in [2.24, 2.45) is 5.73 Å². The molecule has 0 atom stereocenters. The Labute approximate surface area is 94.0 Å². The number of nitrogens with two attached hydrogens (primary N) is 1. The van der Waals surface area contributed by atoms with E-state index in [4.69, 9.17) is 20.3 Å². The van der Waals surface area contributed by atoms with Crippen LogP contribution in [0.15, 0.2) is 11.8 Å². The Morgan fingerprint density at radius 3 is 2.31 bits per heavy atom. The first kappa shape index (κ1) is 14.4. The number of hydrogen-bond donors (Lipinski definition) is 2. The van der Waals surface area contributed by atoms with Gasteiger partial charge in [-0.1, -0.05) is 0 Å². The van der Waals surface area contributed by atoms with Gasteiger partial charge in [-0.25, -0.2) is 9.59 Å². The summed E-state index contributed by atoms with van der Waals surface area (Å²) in [5.41, 5.74) is 4.47. The van der Waals surface area contributed by atoms with Crippen LogP contribution in [-0.2, 0) is 19.1 Å². The number of rotatable bonds is 5. The highest BCUT2D eigenvalue weighted by atomic mass is 16.6. The molecular formula is C10H17NO5. The zero-order valence-electron chi connectivity index (χ0n) is 9.65. The Bertz CT molecular complexity index is 290. The fraction of sp³-hybridized carbons (Fsp3) is 0.600. The minimum atomic E-state index is -1.33. The molecule has 0 rings (SSSR count). The molecule has 0 heterocycles. The monoisotopic (exact) mass is 231 g/mol. The molecule has 6 heteroatoms. The molecule has 0 saturated carbocycles. The van der Waals surface area contributed by atoms with Crippen LogP contribution in [0.25, 0.3) is 0 Å². The third-order valence-electron chi connectivity index (χ3n) is 1.24. The van der Waals surface area contributed by atoms with Gasteiger partial charge in [0.25, 0.3) is 0 Å². The molecule has 0 fully saturated rings. The fourth-order valence-corrected chi connectivity index (χ4v) is 0.772. The summed E-state index contributed by atoms with van der Waals surface area (Å²) in [5, 5.41) is 8.71. The molecule has 0 aliphatic rings. The summed E-state index contributed by atoms with van der Waals surface area (Å²) in [4.78, 5) is 21.9. The van der Waals surface area contributed by atoms with Gasteiger partial charge in [0.1, 0.15) is 12.2 Å². The van der Waals surface area contributed by atoms with E-state index in [0.29, 0.717) is 0 Å². The topological polar surface area (TPSA) is 98.9 Å². The zero-order chi connectivity index (χ0) is 12.8. The highest BCUT2D eigenvalue weighted by molar-refractivity contribution is 5.93. The highest BCUT2D eigenvalue weighted by Crippen LogP contribution is 2.08. The molecule has 0 aliphatic carbocycles. The first-order chi connectivity index (χ1) is 7.26. The van der Waals surface area contributed by atoms with Gasteiger partial charge < -0.3 is 20.3 Å². The molecule has 0 aromatic rings. The summed E-state index contributed by atoms with van der Waals surface area (Å²) in [7, 11) is 0. The van der Waals surface area contributed by atoms with E-state index in [0.717, 1.165) is 6.08 Å². The van der Waals surface area contributed by atoms with E-state index in [1.54, 1.807) is 20.8 Å². The maximum absolute atomic E-state index is 11.3. The largest absolute Gasteiger partial charge is 0.485 e. The smallest absolute Gasteiger partial charge is 0.371 e. The van der Waals surface area contributed by atoms with Crippen molar-refractivity contribution in [3.8, 4) is 0 Å². The van der Waals surface area contributed by atoms with Crippen molar-refractivity contribution in [1.29, 1.82) is 0 Å². The quantitative estimate of drug-likeness (QED) is 0.400. The third kappa shape index (κ3) is 6.83. The molecule has 0 aliphatic heterocycles. The van der Waals surface area contributed by atoms with Crippen molar-refractivity contribution < 1.29 is 24.2 Å². The predicted molar refractivity (Wildman–Crippen MR) is 56.6 cm³/mol. The number of carboxylic acids is 1. The van der Waals surface area contributed by atoms with Crippen molar-refractivity contribution >= 4 is 11.9 Å². The van der Waals surface area contributed by atoms with Crippen molar-refractivity contribution in [3.05, 3.63) is 11.8 Å². The standard InChI is InChI=1S/C10H17NO5/c1-10(2,3)16-8(12)6-7(9(13)14)15-5-4-11/h6H,4-5,11H2,1-3H3,(H,13,14). The van der Waals surface area contributed by atoms with Gasteiger partial charge in [-0.2, -0.15) is 0 Å². The van der Waals surface area contributed by atoms with E-state index in [1.165, 1.54) is 0 Å². The molecule has 3 N–H and O–H groups in total. The van der Waals surface area contributed by atoms with Crippen molar-refractivity contribution in [1.82, 2.24) is 0 Å². The second-order valence-corrected chi connectivity index (χ2v) is 3.98. The van der Waals surface area contributed by atoms with Crippen LogP contribution in [0.4, 0.5) is 0 Å². The van der Waals surface area contributed by atoms with Crippen molar-refractivity contribution in [2.45, 2.75) is 26.4 Å². The number of esters is 1. The van der Waals surface area contributed by atoms with Gasteiger partial charge >= 0.3 is 11.9 Å². The first-order valence-corrected chi connectivity index (χ1v) is 4.77. The lowest BCUT2D eigenvalue weighted by Crippen LogP contribution is -2.23. The Morgan fingerprint density at radius 2 is 1.94 bits per heavy atom. The van der Waals surface area contributed by atoms with Crippen LogP contribution >= 0.6 is 0 Å². The van der Waals surface area contributed by atoms with Gasteiger partial charge in [0.05, 0.1) is 6.08 Å². The average molecular weight is 231 g/mol. The molecule has 0 saturated heterocycles. The maximum Gasteiger partial charge on any atom is 0.371 e. The van der Waals surface area contributed by atoms with Crippen molar-refractivity contribution in [2.75, 3.05) is 13.2 Å². The van der Waals surface area contributed by atoms with Gasteiger partial charge in [-0.05, 0) is 20.8 Å². The molecule has 0 radical (unpaired) electrons. The lowest BCUT2D eigenvalue weighted by atomic mass is 10.2. The Kier molecular flexibility index (Phi) is 5.52. The molecule has 0 unspecified atom stereocenters. The fourth-order valence-electron chi connectivity index (χ4n) is 0.772. The summed E-state index contributed by atoms with van der Waals surface area (Å²) in [5.74, 6) is -2.57. The Morgan fingerprint density at radius 1 is 1.38 bits per heavy atom. The van der Waals surface area contributed by atoms with Crippen LogP contribution in [-0.4, -0.2) is 35.8 Å². The van der Waals surface area contributed by atoms with Crippen LogP contribution < -0.4 is 5.73 Å². The molecule has 0 aromatic heterocycles. The minimum absolute atomic E-state index is 0.0287. The van der Waals surface area contributed by atoms with Crippen LogP contribution in [0.2, 0.25) is 0 Å². The molecule has 16 heavy (non-hydrogen) atoms. The Hall–Kier alpha value is -1.56. The van der Waals surface area contributed by atoms with E-state index < -0.39 is 23.3 Å². The number of aliphatic carboxylic acids is 1. The molecule has 0 amide bonds. The summed E-state index contributed by atoms with van der Waals surface area (Å²) in [6.07, 6.45) is 0.795. The minimum Gasteiger partial charge on any atom is -0.485 e. The normalized spacial score (nSPS) is 12.1. The summed E-state index contributed by atoms with van der Waals surface area (Å²) < 4.78 is 9.68. The summed E-state index contributed by atoms with van der Waals surface area (Å²) >= 11 is 0. The van der Waals surface area contributed by atoms with E-state index >= 15 is 0 Å². The lowest BCUT2D eigenvalue weighted by molar-refractivity contribution is -0.149. The number of ether oxygens (including phenoxy) is 2. The zero-order valence-corrected chi connectivity index (χ0v) is 9.65. The van der Waals surface area contributed by atoms with Gasteiger partial charge in [0.2, 0.25) is 5.76 Å². The van der Waals surface area contributed by atoms with Gasteiger partial charge in [-0.3, -0.25) is 0 Å². The highest BCUT2D eigenvalue weighted by Gasteiger charge is 2.17. The summed E-state index contributed by atoms with van der Waals surface area (Å²) in [6, 6.07) is 0. The van der Waals surface area contributed by atoms with E-state index in [1.807, 2.05) is 0 Å². The van der Waals surface area contributed by atoms with Crippen LogP contribution in [0.5, 0.6) is 0 Å². The number of hydrogen-bond acceptors (Lipinski definition) is 5. The van der Waals surface area contributed by atoms with Crippen LogP contribution in [0.3, 0.4) is 0 Å². The van der Waals surface area contributed by atoms with E-state index in [-0.39, 0.29) is 13.2 Å². The molecule has 6 nitrogen and oxygen atoms in total. The SMILES string of the molecule is CC(C)(C)OC(=O)C=C(OCCN)C(=O)O. The third-order valence-corrected chi connectivity index (χ3v) is 1.24. The maximum atomic E-state index is 11.3. The van der Waals surface area contributed by atoms with Gasteiger partial charge in [0, 0.05) is 6.54 Å². The van der Waals surface area contributed by atoms with E-state index in [2.05, 4.69) is 0 Å². The second kappa shape index (κ2) is 6.12. The van der Waals surface area contributed by atoms with Crippen LogP contribution in [0.1, 0.15) is 20.8 Å².